The summed E-state index contributed by atoms with van der Waals surface area (Å²) in [6.45, 7) is 0.414. The average molecular weight is 512 g/mol. The van der Waals surface area contributed by atoms with Crippen LogP contribution in [0.5, 0.6) is 5.75 Å². The minimum absolute atomic E-state index is 0.174. The van der Waals surface area contributed by atoms with E-state index in [-0.39, 0.29) is 4.90 Å². The zero-order valence-corrected chi connectivity index (χ0v) is 19.8. The van der Waals surface area contributed by atoms with E-state index in [1.807, 2.05) is 54.7 Å². The molecule has 0 aliphatic rings. The fourth-order valence-electron chi connectivity index (χ4n) is 3.36. The third-order valence-electron chi connectivity index (χ3n) is 5.03. The van der Waals surface area contributed by atoms with E-state index in [0.29, 0.717) is 24.4 Å². The maximum absolute atomic E-state index is 12.9. The Morgan fingerprint density at radius 1 is 1.06 bits per heavy atom. The standard InChI is InChI=1S/C24H22BrN3O3S/c1-31-20-9-12-23-22(15-20)18(16-27-23)13-14-26-24(17-5-3-2-4-6-17)28-32(29,30)21-10-7-19(25)8-11-21/h2-12,15-16,27H,13-14H2,1H3,(H,26,28). The number of ether oxygens (including phenoxy) is 1. The molecule has 8 heteroatoms. The number of rotatable bonds is 7. The molecule has 1 aromatic heterocycles. The maximum atomic E-state index is 12.9. The number of aromatic nitrogens is 1. The number of benzene rings is 3. The zero-order valence-electron chi connectivity index (χ0n) is 17.4. The second-order valence-corrected chi connectivity index (χ2v) is 9.73. The Kier molecular flexibility index (Phi) is 6.62. The average Bonchev–Trinajstić information content (AvgIpc) is 3.21. The lowest BCUT2D eigenvalue weighted by Crippen LogP contribution is -2.31. The van der Waals surface area contributed by atoms with Gasteiger partial charge in [0.1, 0.15) is 11.6 Å². The largest absolute Gasteiger partial charge is 0.497 e. The number of sulfonamides is 1. The van der Waals surface area contributed by atoms with Gasteiger partial charge in [0, 0.05) is 33.7 Å². The van der Waals surface area contributed by atoms with E-state index in [9.17, 15) is 8.42 Å². The Bertz CT molecular complexity index is 1350. The summed E-state index contributed by atoms with van der Waals surface area (Å²) in [6, 6.07) is 21.6. The quantitative estimate of drug-likeness (QED) is 0.273. The fraction of sp³-hybridized carbons (Fsp3) is 0.125. The van der Waals surface area contributed by atoms with E-state index in [1.54, 1.807) is 31.4 Å². The lowest BCUT2D eigenvalue weighted by molar-refractivity contribution is 0.415. The molecular weight excluding hydrogens is 490 g/mol. The molecule has 0 bridgehead atoms. The highest BCUT2D eigenvalue weighted by atomic mass is 79.9. The first-order valence-electron chi connectivity index (χ1n) is 9.98. The van der Waals surface area contributed by atoms with Gasteiger partial charge in [0.25, 0.3) is 10.0 Å². The van der Waals surface area contributed by atoms with Gasteiger partial charge >= 0.3 is 0 Å². The predicted octanol–water partition coefficient (Wildman–Crippen LogP) is 4.91. The van der Waals surface area contributed by atoms with Gasteiger partial charge in [-0.05, 0) is 54.4 Å². The van der Waals surface area contributed by atoms with Crippen LogP contribution in [0.4, 0.5) is 0 Å². The first-order chi connectivity index (χ1) is 15.5. The Labute approximate surface area is 195 Å². The van der Waals surface area contributed by atoms with Gasteiger partial charge < -0.3 is 9.72 Å². The van der Waals surface area contributed by atoms with E-state index < -0.39 is 10.0 Å². The number of nitrogens with one attached hydrogen (secondary N) is 2. The van der Waals surface area contributed by atoms with Gasteiger partial charge in [-0.1, -0.05) is 46.3 Å². The SMILES string of the molecule is COc1ccc2[nH]cc(CCN=C(NS(=O)(=O)c3ccc(Br)cc3)c3ccccc3)c2c1. The number of fused-ring (bicyclic) bond motifs is 1. The highest BCUT2D eigenvalue weighted by Gasteiger charge is 2.17. The van der Waals surface area contributed by atoms with Crippen molar-refractivity contribution in [3.63, 3.8) is 0 Å². The number of methoxy groups -OCH3 is 1. The Balaban J connectivity index is 1.59. The van der Waals surface area contributed by atoms with E-state index >= 15 is 0 Å². The van der Waals surface area contributed by atoms with Crippen LogP contribution in [0.15, 0.2) is 93.4 Å². The number of hydrogen-bond donors (Lipinski definition) is 2. The highest BCUT2D eigenvalue weighted by molar-refractivity contribution is 9.10. The fourth-order valence-corrected chi connectivity index (χ4v) is 4.67. The van der Waals surface area contributed by atoms with Crippen molar-refractivity contribution in [2.24, 2.45) is 4.99 Å². The summed E-state index contributed by atoms with van der Waals surface area (Å²) in [4.78, 5) is 8.05. The molecule has 6 nitrogen and oxygen atoms in total. The smallest absolute Gasteiger partial charge is 0.263 e. The summed E-state index contributed by atoms with van der Waals surface area (Å²) >= 11 is 3.33. The summed E-state index contributed by atoms with van der Waals surface area (Å²) in [5.41, 5.74) is 2.81. The number of halogens is 1. The van der Waals surface area contributed by atoms with Crippen molar-refractivity contribution in [2.75, 3.05) is 13.7 Å². The molecule has 0 atom stereocenters. The first-order valence-corrected chi connectivity index (χ1v) is 12.3. The lowest BCUT2D eigenvalue weighted by atomic mass is 10.1. The van der Waals surface area contributed by atoms with Crippen molar-refractivity contribution in [2.45, 2.75) is 11.3 Å². The topological polar surface area (TPSA) is 83.5 Å². The Hall–Kier alpha value is -3.10. The van der Waals surface area contributed by atoms with Crippen molar-refractivity contribution in [1.29, 1.82) is 0 Å². The van der Waals surface area contributed by atoms with Crippen LogP contribution in [0.3, 0.4) is 0 Å². The Morgan fingerprint density at radius 3 is 2.53 bits per heavy atom. The molecule has 0 saturated carbocycles. The summed E-state index contributed by atoms with van der Waals surface area (Å²) in [5.74, 6) is 1.10. The number of nitrogens with zero attached hydrogens (tertiary/aromatic N) is 1. The van der Waals surface area contributed by atoms with Crippen LogP contribution in [0.25, 0.3) is 10.9 Å². The maximum Gasteiger partial charge on any atom is 0.263 e. The molecule has 0 radical (unpaired) electrons. The van der Waals surface area contributed by atoms with Gasteiger partial charge in [-0.15, -0.1) is 0 Å². The van der Waals surface area contributed by atoms with Crippen LogP contribution in [0.1, 0.15) is 11.1 Å². The number of amidine groups is 1. The highest BCUT2D eigenvalue weighted by Crippen LogP contribution is 2.24. The second kappa shape index (κ2) is 9.58. The number of H-pyrrole nitrogens is 1. The van der Waals surface area contributed by atoms with Crippen LogP contribution in [-0.2, 0) is 16.4 Å². The van der Waals surface area contributed by atoms with Gasteiger partial charge in [-0.3, -0.25) is 9.71 Å². The molecule has 164 valence electrons. The molecule has 0 amide bonds. The molecule has 32 heavy (non-hydrogen) atoms. The van der Waals surface area contributed by atoms with E-state index in [1.165, 1.54) is 0 Å². The number of aromatic amines is 1. The van der Waals surface area contributed by atoms with Gasteiger partial charge in [-0.2, -0.15) is 0 Å². The third-order valence-corrected chi connectivity index (χ3v) is 6.91. The predicted molar refractivity (Wildman–Crippen MR) is 131 cm³/mol. The number of aliphatic imine (C=N–C) groups is 1. The molecule has 3 aromatic carbocycles. The van der Waals surface area contributed by atoms with Gasteiger partial charge in [0.2, 0.25) is 0 Å². The van der Waals surface area contributed by atoms with Crippen LogP contribution < -0.4 is 9.46 Å². The molecule has 0 aliphatic heterocycles. The van der Waals surface area contributed by atoms with Gasteiger partial charge in [0.05, 0.1) is 12.0 Å². The van der Waals surface area contributed by atoms with Crippen molar-refractivity contribution in [3.05, 3.63) is 94.6 Å². The molecule has 0 aliphatic carbocycles. The van der Waals surface area contributed by atoms with Crippen molar-refractivity contribution < 1.29 is 13.2 Å². The second-order valence-electron chi connectivity index (χ2n) is 7.13. The molecule has 2 N–H and O–H groups in total. The lowest BCUT2D eigenvalue weighted by Gasteiger charge is -2.12. The number of hydrogen-bond acceptors (Lipinski definition) is 4. The van der Waals surface area contributed by atoms with E-state index in [2.05, 4.69) is 30.6 Å². The third kappa shape index (κ3) is 5.03. The zero-order chi connectivity index (χ0) is 22.6. The van der Waals surface area contributed by atoms with Gasteiger partial charge in [0.15, 0.2) is 0 Å². The van der Waals surface area contributed by atoms with Crippen molar-refractivity contribution >= 4 is 42.7 Å². The molecule has 0 saturated heterocycles. The minimum atomic E-state index is -3.78. The van der Waals surface area contributed by atoms with Crippen molar-refractivity contribution in [1.82, 2.24) is 9.71 Å². The van der Waals surface area contributed by atoms with Gasteiger partial charge in [-0.25, -0.2) is 8.42 Å². The van der Waals surface area contributed by atoms with Crippen LogP contribution in [0, 0.1) is 0 Å². The monoisotopic (exact) mass is 511 g/mol. The first kappa shape index (κ1) is 22.1. The summed E-state index contributed by atoms with van der Waals surface area (Å²) in [7, 11) is -2.14. The minimum Gasteiger partial charge on any atom is -0.497 e. The molecule has 4 rings (SSSR count). The molecule has 1 heterocycles. The van der Waals surface area contributed by atoms with E-state index in [4.69, 9.17) is 4.74 Å². The summed E-state index contributed by atoms with van der Waals surface area (Å²) in [5, 5.41) is 1.07. The van der Waals surface area contributed by atoms with Crippen LogP contribution in [0.2, 0.25) is 0 Å². The van der Waals surface area contributed by atoms with Crippen LogP contribution >= 0.6 is 15.9 Å². The molecule has 0 unspecified atom stereocenters. The molecule has 0 spiro atoms. The normalized spacial score (nSPS) is 12.1. The summed E-state index contributed by atoms with van der Waals surface area (Å²) < 4.78 is 34.7. The summed E-state index contributed by atoms with van der Waals surface area (Å²) in [6.07, 6.45) is 2.59. The molecular formula is C24H22BrN3O3S. The van der Waals surface area contributed by atoms with Crippen molar-refractivity contribution in [3.8, 4) is 5.75 Å². The Morgan fingerprint density at radius 2 is 1.81 bits per heavy atom. The molecule has 4 aromatic rings. The van der Waals surface area contributed by atoms with E-state index in [0.717, 1.165) is 26.7 Å². The molecule has 0 fully saturated rings. The van der Waals surface area contributed by atoms with Crippen LogP contribution in [-0.4, -0.2) is 32.9 Å².